The van der Waals surface area contributed by atoms with Crippen molar-refractivity contribution < 1.29 is 0 Å². The molecule has 1 heterocycles. The summed E-state index contributed by atoms with van der Waals surface area (Å²) in [6.45, 7) is 11.9. The lowest BCUT2D eigenvalue weighted by molar-refractivity contribution is 0.244. The van der Waals surface area contributed by atoms with Crippen LogP contribution in [0.1, 0.15) is 72.6 Å². The molecule has 1 saturated heterocycles. The molecule has 1 N–H and O–H groups in total. The van der Waals surface area contributed by atoms with Crippen molar-refractivity contribution in [1.29, 1.82) is 0 Å². The molecule has 0 atom stereocenters. The molecule has 2 rings (SSSR count). The highest BCUT2D eigenvalue weighted by Crippen LogP contribution is 2.34. The third kappa shape index (κ3) is 5.89. The van der Waals surface area contributed by atoms with E-state index in [9.17, 15) is 0 Å². The lowest BCUT2D eigenvalue weighted by Gasteiger charge is -2.29. The number of piperidine rings is 1. The van der Waals surface area contributed by atoms with Gasteiger partial charge >= 0.3 is 0 Å². The van der Waals surface area contributed by atoms with Gasteiger partial charge in [-0.2, -0.15) is 0 Å². The van der Waals surface area contributed by atoms with E-state index >= 15 is 0 Å². The van der Waals surface area contributed by atoms with Crippen LogP contribution in [0, 0.1) is 10.8 Å². The van der Waals surface area contributed by atoms with Gasteiger partial charge in [0.2, 0.25) is 0 Å². The highest BCUT2D eigenvalue weighted by molar-refractivity contribution is 4.75. The number of rotatable bonds is 0. The molecular formula is C15H31N. The zero-order chi connectivity index (χ0) is 12.1. The molecule has 1 aliphatic carbocycles. The van der Waals surface area contributed by atoms with E-state index in [1.165, 1.54) is 58.0 Å². The van der Waals surface area contributed by atoms with Crippen LogP contribution in [-0.4, -0.2) is 13.1 Å². The summed E-state index contributed by atoms with van der Waals surface area (Å²) in [6, 6.07) is 0. The number of nitrogens with one attached hydrogen (secondary N) is 1. The molecule has 0 amide bonds. The monoisotopic (exact) mass is 225 g/mol. The van der Waals surface area contributed by atoms with Crippen molar-refractivity contribution in [2.24, 2.45) is 10.8 Å². The Bertz CT molecular complexity index is 156. The largest absolute Gasteiger partial charge is 0.317 e. The fourth-order valence-electron chi connectivity index (χ4n) is 2.61. The summed E-state index contributed by atoms with van der Waals surface area (Å²) in [6.07, 6.45) is 9.99. The van der Waals surface area contributed by atoms with Crippen molar-refractivity contribution in [3.63, 3.8) is 0 Å². The van der Waals surface area contributed by atoms with Crippen molar-refractivity contribution in [2.75, 3.05) is 13.1 Å². The van der Waals surface area contributed by atoms with Gasteiger partial charge in [-0.05, 0) is 49.6 Å². The summed E-state index contributed by atoms with van der Waals surface area (Å²) >= 11 is 0. The van der Waals surface area contributed by atoms with Crippen LogP contribution in [0.15, 0.2) is 0 Å². The Morgan fingerprint density at radius 1 is 0.625 bits per heavy atom. The third-order valence-electron chi connectivity index (χ3n) is 4.16. The Kier molecular flexibility index (Phi) is 5.30. The molecule has 1 aliphatic heterocycles. The van der Waals surface area contributed by atoms with Gasteiger partial charge in [-0.1, -0.05) is 47.0 Å². The van der Waals surface area contributed by atoms with E-state index in [4.69, 9.17) is 0 Å². The first kappa shape index (κ1) is 14.0. The lowest BCUT2D eigenvalue weighted by atomic mass is 9.78. The van der Waals surface area contributed by atoms with Crippen LogP contribution in [0.5, 0.6) is 0 Å². The Morgan fingerprint density at radius 3 is 1.31 bits per heavy atom. The summed E-state index contributed by atoms with van der Waals surface area (Å²) in [5.41, 5.74) is 1.30. The first-order valence-corrected chi connectivity index (χ1v) is 7.12. The maximum atomic E-state index is 3.34. The second kappa shape index (κ2) is 6.05. The van der Waals surface area contributed by atoms with Gasteiger partial charge < -0.3 is 5.32 Å². The fraction of sp³-hybridized carbons (Fsp3) is 1.00. The highest BCUT2D eigenvalue weighted by Gasteiger charge is 2.20. The maximum absolute atomic E-state index is 3.34. The van der Waals surface area contributed by atoms with E-state index in [0.717, 1.165) is 0 Å². The molecule has 0 aromatic carbocycles. The molecule has 2 fully saturated rings. The second-order valence-corrected chi connectivity index (χ2v) is 7.14. The molecule has 2 aliphatic rings. The molecular weight excluding hydrogens is 194 g/mol. The highest BCUT2D eigenvalue weighted by atomic mass is 14.9. The van der Waals surface area contributed by atoms with Crippen LogP contribution in [0.25, 0.3) is 0 Å². The van der Waals surface area contributed by atoms with Crippen LogP contribution in [-0.2, 0) is 0 Å². The van der Waals surface area contributed by atoms with Gasteiger partial charge in [-0.15, -0.1) is 0 Å². The minimum absolute atomic E-state index is 0.616. The van der Waals surface area contributed by atoms with Crippen molar-refractivity contribution in [1.82, 2.24) is 5.32 Å². The zero-order valence-electron chi connectivity index (χ0n) is 11.9. The standard InChI is InChI=1S/C8H16.C7H15N/c1-8(2)6-4-3-5-7-8;1-7(2)3-5-8-6-4-7/h3-7H2,1-2H3;8H,3-6H2,1-2H3. The average Bonchev–Trinajstić information content (AvgIpc) is 2.17. The van der Waals surface area contributed by atoms with E-state index in [1.54, 1.807) is 0 Å². The Balaban J connectivity index is 0.000000160. The van der Waals surface area contributed by atoms with Crippen LogP contribution >= 0.6 is 0 Å². The quantitative estimate of drug-likeness (QED) is 0.645. The predicted molar refractivity (Wildman–Crippen MR) is 72.8 cm³/mol. The van der Waals surface area contributed by atoms with Crippen molar-refractivity contribution >= 4 is 0 Å². The van der Waals surface area contributed by atoms with Crippen LogP contribution in [0.4, 0.5) is 0 Å². The van der Waals surface area contributed by atoms with Gasteiger partial charge in [0.05, 0.1) is 0 Å². The van der Waals surface area contributed by atoms with Crippen molar-refractivity contribution in [3.8, 4) is 0 Å². The average molecular weight is 225 g/mol. The van der Waals surface area contributed by atoms with Crippen LogP contribution < -0.4 is 5.32 Å². The molecule has 1 heteroatoms. The van der Waals surface area contributed by atoms with Gasteiger partial charge in [-0.25, -0.2) is 0 Å². The van der Waals surface area contributed by atoms with Crippen LogP contribution in [0.3, 0.4) is 0 Å². The zero-order valence-corrected chi connectivity index (χ0v) is 11.9. The topological polar surface area (TPSA) is 12.0 Å². The van der Waals surface area contributed by atoms with Crippen molar-refractivity contribution in [2.45, 2.75) is 72.6 Å². The van der Waals surface area contributed by atoms with E-state index in [1.807, 2.05) is 0 Å². The van der Waals surface area contributed by atoms with E-state index in [2.05, 4.69) is 33.0 Å². The van der Waals surface area contributed by atoms with Gasteiger partial charge in [0, 0.05) is 0 Å². The van der Waals surface area contributed by atoms with Gasteiger partial charge in [0.25, 0.3) is 0 Å². The number of hydrogen-bond donors (Lipinski definition) is 1. The summed E-state index contributed by atoms with van der Waals surface area (Å²) in [4.78, 5) is 0. The fourth-order valence-corrected chi connectivity index (χ4v) is 2.61. The molecule has 0 spiro atoms. The number of hydrogen-bond acceptors (Lipinski definition) is 1. The molecule has 0 aromatic heterocycles. The smallest absolute Gasteiger partial charge is 0.00438 e. The summed E-state index contributed by atoms with van der Waals surface area (Å²) < 4.78 is 0. The molecule has 0 bridgehead atoms. The summed E-state index contributed by atoms with van der Waals surface area (Å²) in [5.74, 6) is 0. The minimum Gasteiger partial charge on any atom is -0.317 e. The Hall–Kier alpha value is -0.0400. The second-order valence-electron chi connectivity index (χ2n) is 7.14. The summed E-state index contributed by atoms with van der Waals surface area (Å²) in [7, 11) is 0. The third-order valence-corrected chi connectivity index (χ3v) is 4.16. The lowest BCUT2D eigenvalue weighted by Crippen LogP contribution is -2.32. The van der Waals surface area contributed by atoms with Crippen molar-refractivity contribution in [3.05, 3.63) is 0 Å². The van der Waals surface area contributed by atoms with E-state index in [0.29, 0.717) is 10.8 Å². The van der Waals surface area contributed by atoms with Gasteiger partial charge in [0.15, 0.2) is 0 Å². The SMILES string of the molecule is CC1(C)CCCCC1.CC1(C)CCNCC1. The molecule has 1 saturated carbocycles. The first-order valence-electron chi connectivity index (χ1n) is 7.12. The van der Waals surface area contributed by atoms with Gasteiger partial charge in [0.1, 0.15) is 0 Å². The summed E-state index contributed by atoms with van der Waals surface area (Å²) in [5, 5.41) is 3.34. The Morgan fingerprint density at radius 2 is 1.06 bits per heavy atom. The van der Waals surface area contributed by atoms with Crippen LogP contribution in [0.2, 0.25) is 0 Å². The molecule has 0 unspecified atom stereocenters. The molecule has 0 radical (unpaired) electrons. The maximum Gasteiger partial charge on any atom is -0.00438 e. The normalized spacial score (nSPS) is 27.8. The van der Waals surface area contributed by atoms with E-state index in [-0.39, 0.29) is 0 Å². The van der Waals surface area contributed by atoms with Gasteiger partial charge in [-0.3, -0.25) is 0 Å². The molecule has 16 heavy (non-hydrogen) atoms. The molecule has 96 valence electrons. The van der Waals surface area contributed by atoms with E-state index < -0.39 is 0 Å². The first-order chi connectivity index (χ1) is 7.41. The minimum atomic E-state index is 0.616. The molecule has 1 nitrogen and oxygen atoms in total. The Labute approximate surface area is 102 Å². The predicted octanol–water partition coefficient (Wildman–Crippen LogP) is 4.37. The molecule has 0 aromatic rings.